The Hall–Kier alpha value is -1.13. The van der Waals surface area contributed by atoms with Crippen LogP contribution in [0.1, 0.15) is 24.4 Å². The van der Waals surface area contributed by atoms with Crippen LogP contribution in [0, 0.1) is 0 Å². The average molecular weight is 270 g/mol. The predicted octanol–water partition coefficient (Wildman–Crippen LogP) is 2.54. The van der Waals surface area contributed by atoms with Gasteiger partial charge in [0.1, 0.15) is 19.0 Å². The van der Waals surface area contributed by atoms with Crippen molar-refractivity contribution in [2.75, 3.05) is 26.9 Å². The van der Waals surface area contributed by atoms with Gasteiger partial charge in [0.05, 0.1) is 12.1 Å². The number of fused-ring (bicyclic) bond motifs is 1. The topological polar surface area (TPSA) is 39.7 Å². The number of hydrogen-bond acceptors (Lipinski definition) is 4. The monoisotopic (exact) mass is 269 g/mol. The Bertz CT molecular complexity index is 458. The van der Waals surface area contributed by atoms with Crippen molar-refractivity contribution in [3.05, 3.63) is 16.7 Å². The highest BCUT2D eigenvalue weighted by Gasteiger charge is 2.29. The Morgan fingerprint density at radius 2 is 2.22 bits per heavy atom. The zero-order chi connectivity index (χ0) is 12.5. The molecule has 1 N–H and O–H groups in total. The van der Waals surface area contributed by atoms with Crippen LogP contribution >= 0.6 is 11.6 Å². The summed E-state index contributed by atoms with van der Waals surface area (Å²) in [4.78, 5) is 0. The molecular formula is C13H16ClNO3. The van der Waals surface area contributed by atoms with E-state index in [0.717, 1.165) is 36.4 Å². The maximum absolute atomic E-state index is 6.43. The maximum atomic E-state index is 6.43. The van der Waals surface area contributed by atoms with E-state index in [1.54, 1.807) is 13.2 Å². The molecule has 1 saturated heterocycles. The van der Waals surface area contributed by atoms with Crippen molar-refractivity contribution in [3.8, 4) is 17.2 Å². The van der Waals surface area contributed by atoms with Gasteiger partial charge in [0.15, 0.2) is 11.5 Å². The summed E-state index contributed by atoms with van der Waals surface area (Å²) in [5.41, 5.74) is 0.975. The first-order valence-corrected chi connectivity index (χ1v) is 6.58. The first-order chi connectivity index (χ1) is 8.81. The van der Waals surface area contributed by atoms with E-state index in [4.69, 9.17) is 25.8 Å². The molecule has 0 spiro atoms. The predicted molar refractivity (Wildman–Crippen MR) is 69.0 cm³/mol. The van der Waals surface area contributed by atoms with Crippen LogP contribution in [-0.4, -0.2) is 26.9 Å². The van der Waals surface area contributed by atoms with E-state index in [-0.39, 0.29) is 6.04 Å². The maximum Gasteiger partial charge on any atom is 0.167 e. The Labute approximate surface area is 111 Å². The van der Waals surface area contributed by atoms with E-state index in [1.165, 1.54) is 0 Å². The molecule has 1 fully saturated rings. The lowest BCUT2D eigenvalue weighted by atomic mass is 10.0. The van der Waals surface area contributed by atoms with Gasteiger partial charge in [-0.25, -0.2) is 0 Å². The molecule has 1 atom stereocenters. The molecule has 4 nitrogen and oxygen atoms in total. The van der Waals surface area contributed by atoms with Gasteiger partial charge >= 0.3 is 0 Å². The van der Waals surface area contributed by atoms with E-state index >= 15 is 0 Å². The minimum atomic E-state index is 0.225. The lowest BCUT2D eigenvalue weighted by molar-refractivity contribution is 0.168. The summed E-state index contributed by atoms with van der Waals surface area (Å²) >= 11 is 6.43. The van der Waals surface area contributed by atoms with Crippen LogP contribution in [0.5, 0.6) is 17.2 Å². The van der Waals surface area contributed by atoms with Gasteiger partial charge in [0.25, 0.3) is 0 Å². The molecule has 0 radical (unpaired) electrons. The summed E-state index contributed by atoms with van der Waals surface area (Å²) in [5.74, 6) is 2.14. The van der Waals surface area contributed by atoms with Gasteiger partial charge in [-0.1, -0.05) is 11.6 Å². The van der Waals surface area contributed by atoms with Gasteiger partial charge < -0.3 is 19.5 Å². The van der Waals surface area contributed by atoms with E-state index in [2.05, 4.69) is 5.32 Å². The van der Waals surface area contributed by atoms with Crippen LogP contribution in [0.4, 0.5) is 0 Å². The second-order valence-corrected chi connectivity index (χ2v) is 4.86. The van der Waals surface area contributed by atoms with Crippen molar-refractivity contribution in [1.29, 1.82) is 0 Å². The molecule has 0 bridgehead atoms. The van der Waals surface area contributed by atoms with E-state index in [9.17, 15) is 0 Å². The largest absolute Gasteiger partial charge is 0.495 e. The van der Waals surface area contributed by atoms with Crippen molar-refractivity contribution in [1.82, 2.24) is 5.32 Å². The summed E-state index contributed by atoms with van der Waals surface area (Å²) in [6, 6.07) is 2.03. The molecule has 2 aliphatic rings. The molecule has 1 unspecified atom stereocenters. The van der Waals surface area contributed by atoms with Gasteiger partial charge in [-0.05, 0) is 19.4 Å². The third kappa shape index (κ3) is 1.89. The summed E-state index contributed by atoms with van der Waals surface area (Å²) in [6.45, 7) is 2.14. The molecule has 0 saturated carbocycles. The average Bonchev–Trinajstić information content (AvgIpc) is 2.91. The molecule has 1 aromatic carbocycles. The fraction of sp³-hybridized carbons (Fsp3) is 0.538. The zero-order valence-corrected chi connectivity index (χ0v) is 11.0. The van der Waals surface area contributed by atoms with Crippen LogP contribution in [0.2, 0.25) is 5.02 Å². The van der Waals surface area contributed by atoms with Gasteiger partial charge in [-0.2, -0.15) is 0 Å². The molecule has 0 aromatic heterocycles. The van der Waals surface area contributed by atoms with E-state index < -0.39 is 0 Å². The summed E-state index contributed by atoms with van der Waals surface area (Å²) in [7, 11) is 1.61. The van der Waals surface area contributed by atoms with Crippen LogP contribution in [0.25, 0.3) is 0 Å². The lowest BCUT2D eigenvalue weighted by Crippen LogP contribution is -2.20. The summed E-state index contributed by atoms with van der Waals surface area (Å²) in [5, 5.41) is 4.07. The van der Waals surface area contributed by atoms with Crippen molar-refractivity contribution in [2.24, 2.45) is 0 Å². The fourth-order valence-corrected chi connectivity index (χ4v) is 2.90. The van der Waals surface area contributed by atoms with Gasteiger partial charge in [-0.3, -0.25) is 0 Å². The van der Waals surface area contributed by atoms with Crippen LogP contribution in [-0.2, 0) is 0 Å². The van der Waals surface area contributed by atoms with Crippen LogP contribution in [0.15, 0.2) is 6.07 Å². The van der Waals surface area contributed by atoms with Crippen LogP contribution < -0.4 is 19.5 Å². The first kappa shape index (κ1) is 11.9. The molecule has 5 heteroatoms. The molecule has 2 heterocycles. The SMILES string of the molecule is COc1cc2c(c(C3CCCN3)c1Cl)OCCO2. The highest BCUT2D eigenvalue weighted by Crippen LogP contribution is 2.48. The van der Waals surface area contributed by atoms with Crippen molar-refractivity contribution in [2.45, 2.75) is 18.9 Å². The Balaban J connectivity index is 2.13. The van der Waals surface area contributed by atoms with E-state index in [0.29, 0.717) is 24.0 Å². The van der Waals surface area contributed by atoms with Gasteiger partial charge in [0.2, 0.25) is 0 Å². The minimum absolute atomic E-state index is 0.225. The Morgan fingerprint density at radius 3 is 2.94 bits per heavy atom. The number of ether oxygens (including phenoxy) is 3. The molecular weight excluding hydrogens is 254 g/mol. The highest BCUT2D eigenvalue weighted by atomic mass is 35.5. The quantitative estimate of drug-likeness (QED) is 0.896. The van der Waals surface area contributed by atoms with Crippen molar-refractivity contribution >= 4 is 11.6 Å². The molecule has 98 valence electrons. The zero-order valence-electron chi connectivity index (χ0n) is 10.3. The highest BCUT2D eigenvalue weighted by molar-refractivity contribution is 6.33. The van der Waals surface area contributed by atoms with Crippen molar-refractivity contribution in [3.63, 3.8) is 0 Å². The number of benzene rings is 1. The summed E-state index contributed by atoms with van der Waals surface area (Å²) < 4.78 is 16.7. The standard InChI is InChI=1S/C13H16ClNO3/c1-16-9-7-10-13(18-6-5-17-10)11(12(9)14)8-3-2-4-15-8/h7-8,15H,2-6H2,1H3. The molecule has 3 rings (SSSR count). The van der Waals surface area contributed by atoms with Gasteiger partial charge in [0, 0.05) is 17.7 Å². The Kier molecular flexibility index (Phi) is 3.22. The molecule has 18 heavy (non-hydrogen) atoms. The van der Waals surface area contributed by atoms with Gasteiger partial charge in [-0.15, -0.1) is 0 Å². The molecule has 0 amide bonds. The number of hydrogen-bond donors (Lipinski definition) is 1. The van der Waals surface area contributed by atoms with Crippen molar-refractivity contribution < 1.29 is 14.2 Å². The second-order valence-electron chi connectivity index (χ2n) is 4.48. The number of nitrogens with one attached hydrogen (secondary N) is 1. The van der Waals surface area contributed by atoms with Crippen LogP contribution in [0.3, 0.4) is 0 Å². The minimum Gasteiger partial charge on any atom is -0.495 e. The number of halogens is 1. The third-order valence-electron chi connectivity index (χ3n) is 3.40. The normalized spacial score (nSPS) is 22.0. The molecule has 2 aliphatic heterocycles. The lowest BCUT2D eigenvalue weighted by Gasteiger charge is -2.25. The molecule has 1 aromatic rings. The smallest absolute Gasteiger partial charge is 0.167 e. The first-order valence-electron chi connectivity index (χ1n) is 6.20. The molecule has 0 aliphatic carbocycles. The number of methoxy groups -OCH3 is 1. The Morgan fingerprint density at radius 1 is 1.39 bits per heavy atom. The summed E-state index contributed by atoms with van der Waals surface area (Å²) in [6.07, 6.45) is 2.20. The second kappa shape index (κ2) is 4.86. The fourth-order valence-electron chi connectivity index (χ4n) is 2.56. The van der Waals surface area contributed by atoms with E-state index in [1.807, 2.05) is 0 Å². The third-order valence-corrected chi connectivity index (χ3v) is 3.79. The number of rotatable bonds is 2.